The lowest BCUT2D eigenvalue weighted by Gasteiger charge is -2.17. The van der Waals surface area contributed by atoms with Gasteiger partial charge in [0.15, 0.2) is 9.84 Å². The van der Waals surface area contributed by atoms with E-state index in [9.17, 15) is 31.2 Å². The molecule has 0 aromatic heterocycles. The van der Waals surface area contributed by atoms with Crippen molar-refractivity contribution in [3.63, 3.8) is 0 Å². The number of sulfone groups is 1. The third-order valence-electron chi connectivity index (χ3n) is 3.99. The number of amides is 2. The highest BCUT2D eigenvalue weighted by Crippen LogP contribution is 2.31. The van der Waals surface area contributed by atoms with Crippen LogP contribution in [0, 0.1) is 5.92 Å². The van der Waals surface area contributed by atoms with E-state index in [1.807, 2.05) is 0 Å². The average molecular weight is 394 g/mol. The average Bonchev–Trinajstić information content (AvgIpc) is 3.01. The molecular formula is C15H17F3N2O5S. The van der Waals surface area contributed by atoms with Gasteiger partial charge in [-0.05, 0) is 30.2 Å². The molecule has 0 radical (unpaired) electrons. The van der Waals surface area contributed by atoms with E-state index >= 15 is 0 Å². The molecule has 2 amide bonds. The molecule has 1 aliphatic rings. The van der Waals surface area contributed by atoms with Crippen LogP contribution in [0.15, 0.2) is 23.1 Å². The Morgan fingerprint density at radius 1 is 1.31 bits per heavy atom. The number of carbonyl (C=O) groups excluding carboxylic acids is 1. The Labute approximate surface area is 147 Å². The first-order chi connectivity index (χ1) is 11.9. The SMILES string of the molecule is CS(=O)(=O)c1cc(CNC(=O)N2CCC(C(=O)O)C2)cc(C(F)(F)F)c1. The van der Waals surface area contributed by atoms with Crippen molar-refractivity contribution in [1.82, 2.24) is 10.2 Å². The Kier molecular flexibility index (Phi) is 5.49. The second-order valence-electron chi connectivity index (χ2n) is 6.06. The van der Waals surface area contributed by atoms with Crippen LogP contribution in [-0.2, 0) is 27.4 Å². The van der Waals surface area contributed by atoms with Crippen LogP contribution in [0.1, 0.15) is 17.5 Å². The van der Waals surface area contributed by atoms with Gasteiger partial charge in [0.25, 0.3) is 0 Å². The standard InChI is InChI=1S/C15H17F3N2O5S/c1-26(24,25)12-5-9(4-11(6-12)15(16,17)18)7-19-14(23)20-3-2-10(8-20)13(21)22/h4-6,10H,2-3,7-8H2,1H3,(H,19,23)(H,21,22). The van der Waals surface area contributed by atoms with Crippen LogP contribution >= 0.6 is 0 Å². The van der Waals surface area contributed by atoms with Crippen LogP contribution in [-0.4, -0.2) is 49.8 Å². The Morgan fingerprint density at radius 2 is 1.96 bits per heavy atom. The summed E-state index contributed by atoms with van der Waals surface area (Å²) in [5, 5.41) is 11.3. The molecule has 2 rings (SSSR count). The lowest BCUT2D eigenvalue weighted by Crippen LogP contribution is -2.38. The minimum Gasteiger partial charge on any atom is -0.481 e. The zero-order chi connectivity index (χ0) is 19.7. The second-order valence-corrected chi connectivity index (χ2v) is 8.08. The number of nitrogens with zero attached hydrogens (tertiary/aromatic N) is 1. The number of carboxylic acid groups (broad SMARTS) is 1. The number of nitrogens with one attached hydrogen (secondary N) is 1. The van der Waals surface area contributed by atoms with Crippen molar-refractivity contribution < 1.29 is 36.3 Å². The summed E-state index contributed by atoms with van der Waals surface area (Å²) in [6, 6.07) is 1.75. The number of carbonyl (C=O) groups is 2. The number of alkyl halides is 3. The molecule has 1 saturated heterocycles. The van der Waals surface area contributed by atoms with E-state index in [0.29, 0.717) is 12.5 Å². The van der Waals surface area contributed by atoms with E-state index in [0.717, 1.165) is 18.4 Å². The van der Waals surface area contributed by atoms with Crippen molar-refractivity contribution in [3.05, 3.63) is 29.3 Å². The summed E-state index contributed by atoms with van der Waals surface area (Å²) < 4.78 is 62.0. The van der Waals surface area contributed by atoms with Crippen LogP contribution in [0.4, 0.5) is 18.0 Å². The predicted octanol–water partition coefficient (Wildman–Crippen LogP) is 1.73. The van der Waals surface area contributed by atoms with E-state index in [1.54, 1.807) is 0 Å². The number of carboxylic acids is 1. The lowest BCUT2D eigenvalue weighted by molar-refractivity contribution is -0.141. The number of likely N-dealkylation sites (tertiary alicyclic amines) is 1. The molecule has 1 fully saturated rings. The summed E-state index contributed by atoms with van der Waals surface area (Å²) in [6.07, 6.45) is -3.64. The number of aliphatic carboxylic acids is 1. The molecule has 0 aliphatic carbocycles. The van der Waals surface area contributed by atoms with Crippen molar-refractivity contribution in [2.24, 2.45) is 5.92 Å². The molecule has 0 saturated carbocycles. The van der Waals surface area contributed by atoms with Gasteiger partial charge in [-0.3, -0.25) is 4.79 Å². The molecule has 26 heavy (non-hydrogen) atoms. The van der Waals surface area contributed by atoms with Crippen molar-refractivity contribution in [2.45, 2.75) is 24.0 Å². The number of rotatable bonds is 4. The molecule has 1 aromatic carbocycles. The summed E-state index contributed by atoms with van der Waals surface area (Å²) in [5.41, 5.74) is -1.15. The van der Waals surface area contributed by atoms with Gasteiger partial charge < -0.3 is 15.3 Å². The topological polar surface area (TPSA) is 104 Å². The van der Waals surface area contributed by atoms with Crippen molar-refractivity contribution in [1.29, 1.82) is 0 Å². The summed E-state index contributed by atoms with van der Waals surface area (Å²) in [4.78, 5) is 23.7. The van der Waals surface area contributed by atoms with E-state index < -0.39 is 44.4 Å². The zero-order valence-electron chi connectivity index (χ0n) is 13.7. The van der Waals surface area contributed by atoms with E-state index in [4.69, 9.17) is 5.11 Å². The van der Waals surface area contributed by atoms with Crippen molar-refractivity contribution in [2.75, 3.05) is 19.3 Å². The number of hydrogen-bond acceptors (Lipinski definition) is 4. The molecule has 1 aliphatic heterocycles. The molecule has 1 aromatic rings. The molecule has 1 unspecified atom stereocenters. The number of halogens is 3. The Balaban J connectivity index is 2.14. The summed E-state index contributed by atoms with van der Waals surface area (Å²) >= 11 is 0. The van der Waals surface area contributed by atoms with Gasteiger partial charge in [-0.2, -0.15) is 13.2 Å². The summed E-state index contributed by atoms with van der Waals surface area (Å²) in [7, 11) is -3.87. The van der Waals surface area contributed by atoms with Crippen LogP contribution in [0.25, 0.3) is 0 Å². The van der Waals surface area contributed by atoms with E-state index in [1.165, 1.54) is 4.90 Å². The predicted molar refractivity (Wildman–Crippen MR) is 84.1 cm³/mol. The molecule has 1 heterocycles. The Bertz CT molecular complexity index is 823. The first-order valence-electron chi connectivity index (χ1n) is 7.54. The fourth-order valence-corrected chi connectivity index (χ4v) is 3.28. The maximum Gasteiger partial charge on any atom is 0.416 e. The minimum absolute atomic E-state index is 0.0122. The van der Waals surface area contributed by atoms with Crippen LogP contribution < -0.4 is 5.32 Å². The lowest BCUT2D eigenvalue weighted by atomic mass is 10.1. The quantitative estimate of drug-likeness (QED) is 0.809. The fraction of sp³-hybridized carbons (Fsp3) is 0.467. The van der Waals surface area contributed by atoms with Gasteiger partial charge in [-0.1, -0.05) is 0 Å². The van der Waals surface area contributed by atoms with Gasteiger partial charge in [-0.25, -0.2) is 13.2 Å². The van der Waals surface area contributed by atoms with Gasteiger partial charge in [0.05, 0.1) is 16.4 Å². The van der Waals surface area contributed by atoms with Gasteiger partial charge in [0.1, 0.15) is 0 Å². The van der Waals surface area contributed by atoms with Crippen molar-refractivity contribution in [3.8, 4) is 0 Å². The molecule has 0 bridgehead atoms. The van der Waals surface area contributed by atoms with Gasteiger partial charge in [0, 0.05) is 25.9 Å². The van der Waals surface area contributed by atoms with Crippen LogP contribution in [0.2, 0.25) is 0 Å². The summed E-state index contributed by atoms with van der Waals surface area (Å²) in [5.74, 6) is -1.69. The first-order valence-corrected chi connectivity index (χ1v) is 9.44. The molecule has 11 heteroatoms. The highest BCUT2D eigenvalue weighted by Gasteiger charge is 2.33. The normalized spacial score (nSPS) is 18.0. The van der Waals surface area contributed by atoms with Crippen LogP contribution in [0.5, 0.6) is 0 Å². The second kappa shape index (κ2) is 7.14. The maximum absolute atomic E-state index is 13.0. The third kappa shape index (κ3) is 4.87. The largest absolute Gasteiger partial charge is 0.481 e. The molecule has 7 nitrogen and oxygen atoms in total. The first kappa shape index (κ1) is 20.0. The third-order valence-corrected chi connectivity index (χ3v) is 5.08. The smallest absolute Gasteiger partial charge is 0.416 e. The van der Waals surface area contributed by atoms with Gasteiger partial charge in [0.2, 0.25) is 0 Å². The summed E-state index contributed by atoms with van der Waals surface area (Å²) in [6.45, 7) is -0.0855. The molecular weight excluding hydrogens is 377 g/mol. The maximum atomic E-state index is 13.0. The number of urea groups is 1. The molecule has 1 atom stereocenters. The monoisotopic (exact) mass is 394 g/mol. The Hall–Kier alpha value is -2.30. The number of benzene rings is 1. The Morgan fingerprint density at radius 3 is 2.46 bits per heavy atom. The minimum atomic E-state index is -4.73. The van der Waals surface area contributed by atoms with Crippen LogP contribution in [0.3, 0.4) is 0 Å². The number of hydrogen-bond donors (Lipinski definition) is 2. The van der Waals surface area contributed by atoms with E-state index in [2.05, 4.69) is 5.32 Å². The van der Waals surface area contributed by atoms with Gasteiger partial charge in [-0.15, -0.1) is 0 Å². The van der Waals surface area contributed by atoms with E-state index in [-0.39, 0.29) is 25.2 Å². The fourth-order valence-electron chi connectivity index (χ4n) is 2.58. The van der Waals surface area contributed by atoms with Crippen molar-refractivity contribution >= 4 is 21.8 Å². The zero-order valence-corrected chi connectivity index (χ0v) is 14.5. The highest BCUT2D eigenvalue weighted by molar-refractivity contribution is 7.90. The van der Waals surface area contributed by atoms with Gasteiger partial charge >= 0.3 is 18.2 Å². The highest BCUT2D eigenvalue weighted by atomic mass is 32.2. The molecule has 2 N–H and O–H groups in total. The molecule has 0 spiro atoms. The molecule has 144 valence electrons.